The molecule has 2 N–H and O–H groups in total. The van der Waals surface area contributed by atoms with Gasteiger partial charge in [0.1, 0.15) is 5.82 Å². The Balaban J connectivity index is 1.87. The Kier molecular flexibility index (Phi) is 5.33. The molecule has 0 bridgehead atoms. The van der Waals surface area contributed by atoms with Crippen LogP contribution in [0.15, 0.2) is 36.4 Å². The predicted molar refractivity (Wildman–Crippen MR) is 79.5 cm³/mol. The summed E-state index contributed by atoms with van der Waals surface area (Å²) in [5.74, 6) is -0.261. The number of nitrogens with one attached hydrogen (secondary N) is 2. The highest BCUT2D eigenvalue weighted by Gasteiger charge is 2.25. The average molecular weight is 292 g/mol. The Morgan fingerprint density at radius 2 is 2.14 bits per heavy atom. The van der Waals surface area contributed by atoms with Crippen LogP contribution >= 0.6 is 0 Å². The van der Waals surface area contributed by atoms with Crippen LogP contribution in [0, 0.1) is 5.82 Å². The SMILES string of the molecule is C=C(C)CNC(=O)NC1CCOC(c2ccc(F)cc2)C1. The Morgan fingerprint density at radius 1 is 1.43 bits per heavy atom. The number of carbonyl (C=O) groups is 1. The number of halogens is 1. The van der Waals surface area contributed by atoms with E-state index < -0.39 is 0 Å². The summed E-state index contributed by atoms with van der Waals surface area (Å²) in [6.07, 6.45) is 1.36. The average Bonchev–Trinajstić information content (AvgIpc) is 2.46. The molecule has 1 saturated heterocycles. The van der Waals surface area contributed by atoms with Crippen molar-refractivity contribution < 1.29 is 13.9 Å². The highest BCUT2D eigenvalue weighted by atomic mass is 19.1. The van der Waals surface area contributed by atoms with Gasteiger partial charge in [0.15, 0.2) is 0 Å². The van der Waals surface area contributed by atoms with Gasteiger partial charge in [0.2, 0.25) is 0 Å². The summed E-state index contributed by atoms with van der Waals surface area (Å²) >= 11 is 0. The number of amides is 2. The third-order valence-electron chi connectivity index (χ3n) is 3.41. The molecule has 2 unspecified atom stereocenters. The Bertz CT molecular complexity index is 502. The van der Waals surface area contributed by atoms with Gasteiger partial charge in [-0.2, -0.15) is 0 Å². The van der Waals surface area contributed by atoms with Crippen LogP contribution in [-0.2, 0) is 4.74 Å². The number of benzene rings is 1. The molecule has 0 aromatic heterocycles. The standard InChI is InChI=1S/C16H21FN2O2/c1-11(2)10-18-16(20)19-14-7-8-21-15(9-14)12-3-5-13(17)6-4-12/h3-6,14-15H,1,7-10H2,2H3,(H2,18,19,20). The maximum absolute atomic E-state index is 12.9. The minimum atomic E-state index is -0.261. The topological polar surface area (TPSA) is 50.4 Å². The van der Waals surface area contributed by atoms with E-state index in [0.29, 0.717) is 19.6 Å². The van der Waals surface area contributed by atoms with E-state index >= 15 is 0 Å². The molecule has 1 aliphatic rings. The third-order valence-corrected chi connectivity index (χ3v) is 3.41. The largest absolute Gasteiger partial charge is 0.373 e. The van der Waals surface area contributed by atoms with Gasteiger partial charge in [-0.1, -0.05) is 24.3 Å². The Hall–Kier alpha value is -1.88. The molecule has 0 aliphatic carbocycles. The van der Waals surface area contributed by atoms with Crippen LogP contribution in [0.25, 0.3) is 0 Å². The molecular formula is C16H21FN2O2. The third kappa shape index (κ3) is 4.86. The van der Waals surface area contributed by atoms with Crippen LogP contribution in [0.4, 0.5) is 9.18 Å². The number of rotatable bonds is 4. The zero-order valence-corrected chi connectivity index (χ0v) is 12.2. The van der Waals surface area contributed by atoms with Crippen molar-refractivity contribution in [2.24, 2.45) is 0 Å². The smallest absolute Gasteiger partial charge is 0.315 e. The summed E-state index contributed by atoms with van der Waals surface area (Å²) in [5.41, 5.74) is 1.84. The van der Waals surface area contributed by atoms with Gasteiger partial charge < -0.3 is 15.4 Å². The molecule has 2 amide bonds. The fourth-order valence-electron chi connectivity index (χ4n) is 2.31. The fraction of sp³-hybridized carbons (Fsp3) is 0.438. The summed E-state index contributed by atoms with van der Waals surface area (Å²) in [5, 5.41) is 5.69. The number of urea groups is 1. The lowest BCUT2D eigenvalue weighted by Crippen LogP contribution is -2.45. The van der Waals surface area contributed by atoms with E-state index in [0.717, 1.165) is 17.6 Å². The summed E-state index contributed by atoms with van der Waals surface area (Å²) < 4.78 is 18.6. The molecule has 1 aromatic rings. The van der Waals surface area contributed by atoms with Crippen molar-refractivity contribution in [1.29, 1.82) is 0 Å². The maximum atomic E-state index is 12.9. The van der Waals surface area contributed by atoms with Crippen molar-refractivity contribution in [1.82, 2.24) is 10.6 Å². The first-order chi connectivity index (χ1) is 10.0. The summed E-state index contributed by atoms with van der Waals surface area (Å²) in [4.78, 5) is 11.7. The normalized spacial score (nSPS) is 21.6. The van der Waals surface area contributed by atoms with Gasteiger partial charge in [-0.15, -0.1) is 0 Å². The van der Waals surface area contributed by atoms with Gasteiger partial charge >= 0.3 is 6.03 Å². The van der Waals surface area contributed by atoms with Crippen LogP contribution < -0.4 is 10.6 Å². The molecule has 4 nitrogen and oxygen atoms in total. The first-order valence-corrected chi connectivity index (χ1v) is 7.10. The van der Waals surface area contributed by atoms with Crippen molar-refractivity contribution in [3.8, 4) is 0 Å². The lowest BCUT2D eigenvalue weighted by molar-refractivity contribution is 0.00225. The van der Waals surface area contributed by atoms with E-state index in [1.807, 2.05) is 6.92 Å². The number of hydrogen-bond donors (Lipinski definition) is 2. The Morgan fingerprint density at radius 3 is 2.81 bits per heavy atom. The predicted octanol–water partition coefficient (Wildman–Crippen LogP) is 2.92. The van der Waals surface area contributed by atoms with Crippen LogP contribution in [-0.4, -0.2) is 25.2 Å². The van der Waals surface area contributed by atoms with Crippen LogP contribution in [0.5, 0.6) is 0 Å². The molecule has 114 valence electrons. The molecule has 1 aromatic carbocycles. The van der Waals surface area contributed by atoms with E-state index in [1.165, 1.54) is 12.1 Å². The summed E-state index contributed by atoms with van der Waals surface area (Å²) in [7, 11) is 0. The minimum absolute atomic E-state index is 0.0546. The van der Waals surface area contributed by atoms with Gasteiger partial charge in [-0.25, -0.2) is 9.18 Å². The van der Waals surface area contributed by atoms with E-state index in [1.54, 1.807) is 12.1 Å². The molecule has 1 aliphatic heterocycles. The zero-order valence-electron chi connectivity index (χ0n) is 12.2. The minimum Gasteiger partial charge on any atom is -0.373 e. The maximum Gasteiger partial charge on any atom is 0.315 e. The number of hydrogen-bond acceptors (Lipinski definition) is 2. The summed E-state index contributed by atoms with van der Waals surface area (Å²) in [6.45, 7) is 6.65. The molecule has 21 heavy (non-hydrogen) atoms. The second-order valence-electron chi connectivity index (χ2n) is 5.42. The Labute approximate surface area is 124 Å². The lowest BCUT2D eigenvalue weighted by Gasteiger charge is -2.30. The second-order valence-corrected chi connectivity index (χ2v) is 5.42. The monoisotopic (exact) mass is 292 g/mol. The van der Waals surface area contributed by atoms with Crippen LogP contribution in [0.1, 0.15) is 31.4 Å². The molecule has 1 fully saturated rings. The van der Waals surface area contributed by atoms with Crippen LogP contribution in [0.3, 0.4) is 0 Å². The van der Waals surface area contributed by atoms with Crippen molar-refractivity contribution in [3.63, 3.8) is 0 Å². The first kappa shape index (κ1) is 15.5. The lowest BCUT2D eigenvalue weighted by atomic mass is 9.97. The van der Waals surface area contributed by atoms with E-state index in [4.69, 9.17) is 4.74 Å². The van der Waals surface area contributed by atoms with Crippen molar-refractivity contribution in [2.75, 3.05) is 13.2 Å². The van der Waals surface area contributed by atoms with Crippen molar-refractivity contribution >= 4 is 6.03 Å². The highest BCUT2D eigenvalue weighted by molar-refractivity contribution is 5.74. The van der Waals surface area contributed by atoms with E-state index in [-0.39, 0.29) is 24.0 Å². The van der Waals surface area contributed by atoms with E-state index in [2.05, 4.69) is 17.2 Å². The van der Waals surface area contributed by atoms with Gasteiger partial charge in [0, 0.05) is 19.2 Å². The highest BCUT2D eigenvalue weighted by Crippen LogP contribution is 2.28. The van der Waals surface area contributed by atoms with Gasteiger partial charge in [0.05, 0.1) is 6.10 Å². The molecule has 2 atom stereocenters. The molecule has 2 rings (SSSR count). The van der Waals surface area contributed by atoms with Gasteiger partial charge in [-0.05, 0) is 37.5 Å². The molecule has 0 spiro atoms. The molecule has 0 saturated carbocycles. The molecule has 0 radical (unpaired) electrons. The van der Waals surface area contributed by atoms with Crippen LogP contribution in [0.2, 0.25) is 0 Å². The quantitative estimate of drug-likeness (QED) is 0.838. The fourth-order valence-corrected chi connectivity index (χ4v) is 2.31. The molecule has 5 heteroatoms. The first-order valence-electron chi connectivity index (χ1n) is 7.10. The molecule has 1 heterocycles. The van der Waals surface area contributed by atoms with Crippen molar-refractivity contribution in [2.45, 2.75) is 31.9 Å². The van der Waals surface area contributed by atoms with E-state index in [9.17, 15) is 9.18 Å². The van der Waals surface area contributed by atoms with Gasteiger partial charge in [-0.3, -0.25) is 0 Å². The summed E-state index contributed by atoms with van der Waals surface area (Å²) in [6, 6.07) is 6.17. The zero-order chi connectivity index (χ0) is 15.2. The number of ether oxygens (including phenoxy) is 1. The number of carbonyl (C=O) groups excluding carboxylic acids is 1. The van der Waals surface area contributed by atoms with Crippen molar-refractivity contribution in [3.05, 3.63) is 47.8 Å². The second kappa shape index (κ2) is 7.22. The van der Waals surface area contributed by atoms with Gasteiger partial charge in [0.25, 0.3) is 0 Å². The molecular weight excluding hydrogens is 271 g/mol.